The van der Waals surface area contributed by atoms with E-state index in [1.165, 1.54) is 11.9 Å². The van der Waals surface area contributed by atoms with Gasteiger partial charge in [-0.3, -0.25) is 4.72 Å². The number of carbonyl (C=O) groups excluding carboxylic acids is 1. The van der Waals surface area contributed by atoms with Crippen molar-refractivity contribution in [3.8, 4) is 5.75 Å². The van der Waals surface area contributed by atoms with Gasteiger partial charge in [0, 0.05) is 11.3 Å². The van der Waals surface area contributed by atoms with Gasteiger partial charge in [-0.15, -0.1) is 0 Å². The largest absolute Gasteiger partial charge is 0.497 e. The summed E-state index contributed by atoms with van der Waals surface area (Å²) in [5, 5.41) is 2.81. The highest BCUT2D eigenvalue weighted by Crippen LogP contribution is 2.32. The van der Waals surface area contributed by atoms with Crippen LogP contribution in [0.15, 0.2) is 24.3 Å². The molecule has 2 amide bonds. The smallest absolute Gasteiger partial charge is 0.324 e. The molecule has 7 heteroatoms. The van der Waals surface area contributed by atoms with E-state index in [4.69, 9.17) is 14.2 Å². The lowest BCUT2D eigenvalue weighted by molar-refractivity contribution is -0.160. The lowest BCUT2D eigenvalue weighted by Gasteiger charge is -2.28. The zero-order valence-corrected chi connectivity index (χ0v) is 14.6. The van der Waals surface area contributed by atoms with Gasteiger partial charge >= 0.3 is 6.03 Å². The molecule has 0 unspecified atom stereocenters. The van der Waals surface area contributed by atoms with Crippen LogP contribution in [0.3, 0.4) is 0 Å². The van der Waals surface area contributed by atoms with Crippen LogP contribution in [0.2, 0.25) is 0 Å². The quantitative estimate of drug-likeness (QED) is 0.747. The van der Waals surface area contributed by atoms with Crippen LogP contribution in [0.25, 0.3) is 0 Å². The molecule has 23 heavy (non-hydrogen) atoms. The number of methoxy groups -OCH3 is 1. The number of rotatable bonds is 7. The Bertz CT molecular complexity index is 501. The van der Waals surface area contributed by atoms with Gasteiger partial charge in [-0.25, -0.2) is 4.79 Å². The second-order valence-corrected chi connectivity index (χ2v) is 6.49. The Hall–Kier alpha value is -1.44. The minimum absolute atomic E-state index is 0.243. The SMILES string of the molecule is COc1ccc(C2(CNC(=O)NSCC(C)C)OCCO2)cc1. The lowest BCUT2D eigenvalue weighted by atomic mass is 10.1. The van der Waals surface area contributed by atoms with E-state index in [1.54, 1.807) is 7.11 Å². The summed E-state index contributed by atoms with van der Waals surface area (Å²) in [6.45, 7) is 5.44. The second kappa shape index (κ2) is 8.42. The van der Waals surface area contributed by atoms with E-state index in [9.17, 15) is 4.79 Å². The van der Waals surface area contributed by atoms with E-state index in [-0.39, 0.29) is 12.6 Å². The van der Waals surface area contributed by atoms with Gasteiger partial charge in [0.15, 0.2) is 0 Å². The topological polar surface area (TPSA) is 68.8 Å². The first kappa shape index (κ1) is 17.9. The van der Waals surface area contributed by atoms with E-state index in [2.05, 4.69) is 23.9 Å². The van der Waals surface area contributed by atoms with Crippen LogP contribution in [-0.4, -0.2) is 38.7 Å². The minimum Gasteiger partial charge on any atom is -0.497 e. The Morgan fingerprint density at radius 3 is 2.52 bits per heavy atom. The van der Waals surface area contributed by atoms with E-state index in [1.807, 2.05) is 24.3 Å². The molecular weight excluding hydrogens is 316 g/mol. The molecule has 1 heterocycles. The summed E-state index contributed by atoms with van der Waals surface area (Å²) in [5.41, 5.74) is 0.853. The first-order valence-electron chi connectivity index (χ1n) is 7.64. The van der Waals surface area contributed by atoms with Crippen LogP contribution in [0.5, 0.6) is 5.75 Å². The fourth-order valence-corrected chi connectivity index (χ4v) is 2.80. The number of amides is 2. The van der Waals surface area contributed by atoms with Crippen molar-refractivity contribution in [1.29, 1.82) is 0 Å². The first-order valence-corrected chi connectivity index (χ1v) is 8.62. The summed E-state index contributed by atoms with van der Waals surface area (Å²) in [7, 11) is 1.62. The molecule has 1 aliphatic heterocycles. The molecule has 0 saturated carbocycles. The number of urea groups is 1. The number of benzene rings is 1. The van der Waals surface area contributed by atoms with Crippen molar-refractivity contribution in [3.05, 3.63) is 29.8 Å². The highest BCUT2D eigenvalue weighted by Gasteiger charge is 2.39. The molecule has 2 rings (SSSR count). The van der Waals surface area contributed by atoms with Crippen molar-refractivity contribution < 1.29 is 19.0 Å². The van der Waals surface area contributed by atoms with E-state index < -0.39 is 5.79 Å². The summed E-state index contributed by atoms with van der Waals surface area (Å²) in [4.78, 5) is 11.9. The number of hydrogen-bond acceptors (Lipinski definition) is 5. The maximum absolute atomic E-state index is 11.9. The summed E-state index contributed by atoms with van der Waals surface area (Å²) in [5.74, 6) is 1.21. The van der Waals surface area contributed by atoms with Crippen LogP contribution < -0.4 is 14.8 Å². The average molecular weight is 340 g/mol. The van der Waals surface area contributed by atoms with Crippen molar-refractivity contribution in [2.75, 3.05) is 32.6 Å². The molecule has 128 valence electrons. The monoisotopic (exact) mass is 340 g/mol. The third-order valence-corrected chi connectivity index (χ3v) is 4.51. The molecule has 0 aromatic heterocycles. The van der Waals surface area contributed by atoms with Crippen molar-refractivity contribution in [2.45, 2.75) is 19.6 Å². The second-order valence-electron chi connectivity index (χ2n) is 5.67. The molecule has 0 aliphatic carbocycles. The maximum atomic E-state index is 11.9. The molecule has 1 aromatic carbocycles. The van der Waals surface area contributed by atoms with Crippen molar-refractivity contribution in [3.63, 3.8) is 0 Å². The van der Waals surface area contributed by atoms with Crippen molar-refractivity contribution >= 4 is 18.0 Å². The van der Waals surface area contributed by atoms with Crippen LogP contribution in [-0.2, 0) is 15.3 Å². The van der Waals surface area contributed by atoms with Gasteiger partial charge in [-0.1, -0.05) is 13.8 Å². The van der Waals surface area contributed by atoms with Crippen LogP contribution in [0, 0.1) is 5.92 Å². The highest BCUT2D eigenvalue weighted by molar-refractivity contribution is 7.97. The first-order chi connectivity index (χ1) is 11.1. The Morgan fingerprint density at radius 2 is 1.96 bits per heavy atom. The fourth-order valence-electron chi connectivity index (χ4n) is 2.18. The van der Waals surface area contributed by atoms with E-state index >= 15 is 0 Å². The third-order valence-electron chi connectivity index (χ3n) is 3.35. The van der Waals surface area contributed by atoms with Gasteiger partial charge < -0.3 is 19.5 Å². The predicted molar refractivity (Wildman–Crippen MR) is 90.4 cm³/mol. The fraction of sp³-hybridized carbons (Fsp3) is 0.562. The van der Waals surface area contributed by atoms with E-state index in [0.29, 0.717) is 19.1 Å². The molecule has 2 N–H and O–H groups in total. The van der Waals surface area contributed by atoms with Gasteiger partial charge in [0.1, 0.15) is 5.75 Å². The maximum Gasteiger partial charge on any atom is 0.324 e. The molecule has 0 spiro atoms. The Kier molecular flexibility index (Phi) is 6.56. The molecule has 1 fully saturated rings. The number of ether oxygens (including phenoxy) is 3. The van der Waals surface area contributed by atoms with Crippen LogP contribution in [0.4, 0.5) is 4.79 Å². The summed E-state index contributed by atoms with van der Waals surface area (Å²) in [6, 6.07) is 7.22. The molecule has 6 nitrogen and oxygen atoms in total. The Balaban J connectivity index is 1.93. The van der Waals surface area contributed by atoms with Gasteiger partial charge in [0.2, 0.25) is 5.79 Å². The number of nitrogens with one attached hydrogen (secondary N) is 2. The number of carbonyl (C=O) groups is 1. The Morgan fingerprint density at radius 1 is 1.30 bits per heavy atom. The van der Waals surface area contributed by atoms with Crippen LogP contribution in [0.1, 0.15) is 19.4 Å². The zero-order valence-electron chi connectivity index (χ0n) is 13.8. The molecule has 0 radical (unpaired) electrons. The summed E-state index contributed by atoms with van der Waals surface area (Å²) >= 11 is 1.39. The Labute approximate surface area is 141 Å². The third kappa shape index (κ3) is 5.02. The highest BCUT2D eigenvalue weighted by atomic mass is 32.2. The molecule has 0 atom stereocenters. The van der Waals surface area contributed by atoms with Crippen LogP contribution >= 0.6 is 11.9 Å². The predicted octanol–water partition coefficient (Wildman–Crippen LogP) is 2.50. The minimum atomic E-state index is -0.938. The standard InChI is InChI=1S/C16H24N2O4S/c1-12(2)10-23-18-15(19)17-11-16(21-8-9-22-16)13-4-6-14(20-3)7-5-13/h4-7,12H,8-11H2,1-3H3,(H2,17,18,19). The van der Waals surface area contributed by atoms with Gasteiger partial charge in [0.05, 0.1) is 26.9 Å². The normalized spacial score (nSPS) is 16.3. The molecule has 1 aromatic rings. The van der Waals surface area contributed by atoms with Gasteiger partial charge in [0.25, 0.3) is 0 Å². The zero-order chi connectivity index (χ0) is 16.7. The molecule has 1 saturated heterocycles. The summed E-state index contributed by atoms with van der Waals surface area (Å²) < 4.78 is 19.5. The van der Waals surface area contributed by atoms with Crippen molar-refractivity contribution in [2.24, 2.45) is 5.92 Å². The van der Waals surface area contributed by atoms with Gasteiger partial charge in [-0.05, 0) is 42.1 Å². The molecule has 0 bridgehead atoms. The number of hydrogen-bond donors (Lipinski definition) is 2. The lowest BCUT2D eigenvalue weighted by Crippen LogP contribution is -2.44. The summed E-state index contributed by atoms with van der Waals surface area (Å²) in [6.07, 6.45) is 0. The molecule has 1 aliphatic rings. The van der Waals surface area contributed by atoms with Gasteiger partial charge in [-0.2, -0.15) is 0 Å². The van der Waals surface area contributed by atoms with Crippen molar-refractivity contribution in [1.82, 2.24) is 10.0 Å². The van der Waals surface area contributed by atoms with E-state index in [0.717, 1.165) is 17.1 Å². The average Bonchev–Trinajstić information content (AvgIpc) is 3.03. The molecular formula is C16H24N2O4S.